The summed E-state index contributed by atoms with van der Waals surface area (Å²) in [4.78, 5) is 32.5. The van der Waals surface area contributed by atoms with Gasteiger partial charge in [0.25, 0.3) is 5.56 Å². The quantitative estimate of drug-likeness (QED) is 0.216. The van der Waals surface area contributed by atoms with Gasteiger partial charge in [0.2, 0.25) is 0 Å². The molecule has 1 aliphatic rings. The Morgan fingerprint density at radius 3 is 2.49 bits per heavy atom. The van der Waals surface area contributed by atoms with Crippen molar-refractivity contribution in [2.24, 2.45) is 4.99 Å². The molecular weight excluding hydrogens is 591 g/mol. The monoisotopic (exact) mass is 620 g/mol. The summed E-state index contributed by atoms with van der Waals surface area (Å²) in [7, 11) is 0. The van der Waals surface area contributed by atoms with Crippen molar-refractivity contribution in [3.63, 3.8) is 0 Å². The van der Waals surface area contributed by atoms with Crippen LogP contribution in [0.3, 0.4) is 0 Å². The zero-order valence-corrected chi connectivity index (χ0v) is 25.7. The molecule has 4 aromatic rings. The largest absolute Gasteiger partial charge is 0.494 e. The van der Waals surface area contributed by atoms with Gasteiger partial charge >= 0.3 is 5.97 Å². The molecule has 0 fully saturated rings. The van der Waals surface area contributed by atoms with Crippen LogP contribution in [0.2, 0.25) is 5.02 Å². The van der Waals surface area contributed by atoms with Crippen LogP contribution in [0.4, 0.5) is 4.39 Å². The minimum atomic E-state index is -0.756. The molecule has 0 unspecified atom stereocenters. The van der Waals surface area contributed by atoms with Crippen LogP contribution in [0.5, 0.6) is 11.5 Å². The van der Waals surface area contributed by atoms with E-state index in [1.165, 1.54) is 28.0 Å². The molecule has 3 aromatic carbocycles. The summed E-state index contributed by atoms with van der Waals surface area (Å²) in [6.45, 7) is 7.90. The van der Waals surface area contributed by atoms with Gasteiger partial charge in [-0.1, -0.05) is 47.2 Å². The third-order valence-corrected chi connectivity index (χ3v) is 7.88. The molecular formula is C33H30ClFN2O5S. The zero-order valence-electron chi connectivity index (χ0n) is 24.1. The predicted molar refractivity (Wildman–Crippen MR) is 165 cm³/mol. The van der Waals surface area contributed by atoms with Gasteiger partial charge < -0.3 is 14.2 Å². The van der Waals surface area contributed by atoms with Gasteiger partial charge in [-0.15, -0.1) is 0 Å². The molecule has 5 rings (SSSR count). The maximum absolute atomic E-state index is 14.0. The smallest absolute Gasteiger partial charge is 0.338 e. The van der Waals surface area contributed by atoms with E-state index in [0.717, 1.165) is 5.56 Å². The molecule has 1 atom stereocenters. The van der Waals surface area contributed by atoms with Gasteiger partial charge in [0.1, 0.15) is 23.9 Å². The van der Waals surface area contributed by atoms with Crippen molar-refractivity contribution in [1.29, 1.82) is 0 Å². The standard InChI is InChI=1S/C33H30ClFN2O5S/c1-5-40-26-13-8-22(9-14-26)30-29(32(39)42-19(2)3)20(4)36-33-37(30)31(38)28(43-33)17-23-16-24(34)10-15-27(23)41-18-21-6-11-25(35)12-7-21/h6-17,19,30H,5,18H2,1-4H3/b28-17+/t30-/m1/s1. The number of hydrogen-bond acceptors (Lipinski definition) is 7. The van der Waals surface area contributed by atoms with Crippen molar-refractivity contribution in [3.8, 4) is 11.5 Å². The van der Waals surface area contributed by atoms with Gasteiger partial charge in [-0.2, -0.15) is 0 Å². The number of esters is 1. The summed E-state index contributed by atoms with van der Waals surface area (Å²) in [6, 6.07) is 17.7. The number of carbonyl (C=O) groups excluding carboxylic acids is 1. The summed E-state index contributed by atoms with van der Waals surface area (Å²) in [6.07, 6.45) is 1.35. The summed E-state index contributed by atoms with van der Waals surface area (Å²) >= 11 is 7.53. The van der Waals surface area contributed by atoms with Crippen molar-refractivity contribution >= 4 is 35.0 Å². The molecule has 0 N–H and O–H groups in total. The number of aromatic nitrogens is 1. The third kappa shape index (κ3) is 6.73. The average molecular weight is 621 g/mol. The number of carbonyl (C=O) groups is 1. The highest BCUT2D eigenvalue weighted by Gasteiger charge is 2.33. The van der Waals surface area contributed by atoms with Crippen LogP contribution in [0.15, 0.2) is 87.8 Å². The summed E-state index contributed by atoms with van der Waals surface area (Å²) in [5, 5.41) is 0.468. The first-order valence-electron chi connectivity index (χ1n) is 13.8. The van der Waals surface area contributed by atoms with Gasteiger partial charge in [-0.05, 0) is 87.4 Å². The van der Waals surface area contributed by atoms with E-state index in [9.17, 15) is 14.0 Å². The second kappa shape index (κ2) is 13.0. The van der Waals surface area contributed by atoms with Gasteiger partial charge in [-0.3, -0.25) is 9.36 Å². The average Bonchev–Trinajstić information content (AvgIpc) is 3.27. The van der Waals surface area contributed by atoms with E-state index in [4.69, 9.17) is 25.8 Å². The first kappa shape index (κ1) is 30.3. The van der Waals surface area contributed by atoms with Gasteiger partial charge in [0, 0.05) is 10.6 Å². The number of ether oxygens (including phenoxy) is 3. The number of halogens is 2. The summed E-state index contributed by atoms with van der Waals surface area (Å²) in [5.74, 6) is 0.321. The topological polar surface area (TPSA) is 79.1 Å². The normalized spacial score (nSPS) is 14.9. The Morgan fingerprint density at radius 1 is 1.09 bits per heavy atom. The van der Waals surface area contributed by atoms with E-state index in [2.05, 4.69) is 4.99 Å². The molecule has 0 radical (unpaired) electrons. The van der Waals surface area contributed by atoms with Crippen LogP contribution in [0.25, 0.3) is 6.08 Å². The Hall–Kier alpha value is -4.21. The third-order valence-electron chi connectivity index (χ3n) is 6.66. The molecule has 0 amide bonds. The molecule has 0 bridgehead atoms. The molecule has 7 nitrogen and oxygen atoms in total. The van der Waals surface area contributed by atoms with Crippen molar-refractivity contribution in [3.05, 3.63) is 125 Å². The highest BCUT2D eigenvalue weighted by Crippen LogP contribution is 2.32. The van der Waals surface area contributed by atoms with Crippen molar-refractivity contribution in [2.75, 3.05) is 6.61 Å². The molecule has 10 heteroatoms. The van der Waals surface area contributed by atoms with Crippen LogP contribution >= 0.6 is 22.9 Å². The zero-order chi connectivity index (χ0) is 30.7. The second-order valence-corrected chi connectivity index (χ2v) is 11.6. The van der Waals surface area contributed by atoms with Crippen molar-refractivity contribution in [2.45, 2.75) is 46.4 Å². The molecule has 1 aromatic heterocycles. The Balaban J connectivity index is 1.60. The Bertz CT molecular complexity index is 1860. The summed E-state index contributed by atoms with van der Waals surface area (Å²) < 4.78 is 32.5. The van der Waals surface area contributed by atoms with E-state index >= 15 is 0 Å². The second-order valence-electron chi connectivity index (χ2n) is 10.1. The molecule has 2 heterocycles. The highest BCUT2D eigenvalue weighted by atomic mass is 35.5. The first-order chi connectivity index (χ1) is 20.6. The van der Waals surface area contributed by atoms with Gasteiger partial charge in [-0.25, -0.2) is 14.2 Å². The predicted octanol–water partition coefficient (Wildman–Crippen LogP) is 5.96. The highest BCUT2D eigenvalue weighted by molar-refractivity contribution is 7.07. The SMILES string of the molecule is CCOc1ccc([C@@H]2C(C(=O)OC(C)C)=C(C)N=c3s/c(=C/c4cc(Cl)ccc4OCc4ccc(F)cc4)c(=O)n32)cc1. The lowest BCUT2D eigenvalue weighted by molar-refractivity contribution is -0.143. The lowest BCUT2D eigenvalue weighted by Crippen LogP contribution is -2.40. The minimum Gasteiger partial charge on any atom is -0.494 e. The number of allylic oxidation sites excluding steroid dienone is 1. The Kier molecular flexibility index (Phi) is 9.13. The van der Waals surface area contributed by atoms with E-state index in [1.807, 2.05) is 31.2 Å². The molecule has 222 valence electrons. The minimum absolute atomic E-state index is 0.197. The van der Waals surface area contributed by atoms with Crippen LogP contribution in [-0.4, -0.2) is 23.2 Å². The van der Waals surface area contributed by atoms with Gasteiger partial charge in [0.15, 0.2) is 4.80 Å². The number of nitrogens with zero attached hydrogens (tertiary/aromatic N) is 2. The van der Waals surface area contributed by atoms with Crippen molar-refractivity contribution in [1.82, 2.24) is 4.57 Å². The fraction of sp³-hybridized carbons (Fsp3) is 0.242. The lowest BCUT2D eigenvalue weighted by Gasteiger charge is -2.25. The molecule has 43 heavy (non-hydrogen) atoms. The summed E-state index contributed by atoms with van der Waals surface area (Å²) in [5.41, 5.74) is 2.54. The fourth-order valence-corrected chi connectivity index (χ4v) is 5.95. The van der Waals surface area contributed by atoms with E-state index in [1.54, 1.807) is 57.2 Å². The number of thiazole rings is 1. The van der Waals surface area contributed by atoms with Crippen molar-refractivity contribution < 1.29 is 23.4 Å². The number of benzene rings is 3. The van der Waals surface area contributed by atoms with Gasteiger partial charge in [0.05, 0.1) is 34.6 Å². The molecule has 0 saturated carbocycles. The maximum Gasteiger partial charge on any atom is 0.338 e. The van der Waals surface area contributed by atoms with Crippen LogP contribution < -0.4 is 24.4 Å². The molecule has 0 aliphatic carbocycles. The van der Waals surface area contributed by atoms with E-state index in [0.29, 0.717) is 54.9 Å². The van der Waals surface area contributed by atoms with E-state index < -0.39 is 12.0 Å². The Labute approximate surface area is 257 Å². The lowest BCUT2D eigenvalue weighted by atomic mass is 9.96. The number of rotatable bonds is 9. The molecule has 0 spiro atoms. The van der Waals surface area contributed by atoms with Crippen LogP contribution in [0.1, 0.15) is 50.4 Å². The first-order valence-corrected chi connectivity index (χ1v) is 15.0. The number of hydrogen-bond donors (Lipinski definition) is 0. The number of fused-ring (bicyclic) bond motifs is 1. The molecule has 1 aliphatic heterocycles. The van der Waals surface area contributed by atoms with Crippen LogP contribution in [-0.2, 0) is 16.1 Å². The maximum atomic E-state index is 14.0. The Morgan fingerprint density at radius 2 is 1.81 bits per heavy atom. The van der Waals surface area contributed by atoms with Crippen LogP contribution in [0, 0.1) is 5.82 Å². The van der Waals surface area contributed by atoms with E-state index in [-0.39, 0.29) is 24.1 Å². The fourth-order valence-electron chi connectivity index (χ4n) is 4.74. The molecule has 0 saturated heterocycles.